The van der Waals surface area contributed by atoms with Crippen LogP contribution in [-0.2, 0) is 51.9 Å². The van der Waals surface area contributed by atoms with Crippen LogP contribution in [0.25, 0.3) is 56.7 Å². The molecule has 1 heterocycles. The maximum absolute atomic E-state index is 14.9. The summed E-state index contributed by atoms with van der Waals surface area (Å²) in [5.74, 6) is 0. The van der Waals surface area contributed by atoms with Gasteiger partial charge in [0.2, 0.25) is 0 Å². The Labute approximate surface area is 477 Å². The molecule has 0 bridgehead atoms. The predicted molar refractivity (Wildman–Crippen MR) is 306 cm³/mol. The molecule has 421 valence electrons. The van der Waals surface area contributed by atoms with Gasteiger partial charge in [0.1, 0.15) is 0 Å². The summed E-state index contributed by atoms with van der Waals surface area (Å²) < 4.78 is 178. The van der Waals surface area contributed by atoms with E-state index in [1.165, 1.54) is 0 Å². The van der Waals surface area contributed by atoms with Crippen molar-refractivity contribution in [2.75, 3.05) is 0 Å². The molecule has 11 rings (SSSR count). The van der Waals surface area contributed by atoms with Crippen LogP contribution in [0.5, 0.6) is 0 Å². The van der Waals surface area contributed by atoms with E-state index in [2.05, 4.69) is 0 Å². The molecule has 3 aliphatic rings. The van der Waals surface area contributed by atoms with Crippen molar-refractivity contribution in [3.05, 3.63) is 231 Å². The van der Waals surface area contributed by atoms with E-state index in [0.717, 1.165) is 45.8 Å². The number of fused-ring (bicyclic) bond motifs is 5. The molecular formula is C66H51Cl2F12SiZr. The van der Waals surface area contributed by atoms with Gasteiger partial charge in [-0.2, -0.15) is 0 Å². The zero-order chi connectivity index (χ0) is 59.1. The van der Waals surface area contributed by atoms with E-state index >= 15 is 0 Å². The van der Waals surface area contributed by atoms with Crippen LogP contribution in [0.1, 0.15) is 116 Å². The van der Waals surface area contributed by atoms with Crippen molar-refractivity contribution in [3.63, 3.8) is 0 Å². The van der Waals surface area contributed by atoms with Gasteiger partial charge in [-0.1, -0.05) is 0 Å². The predicted octanol–water partition coefficient (Wildman–Crippen LogP) is 19.0. The summed E-state index contributed by atoms with van der Waals surface area (Å²) in [4.78, 5) is 0. The topological polar surface area (TPSA) is 0 Å². The summed E-state index contributed by atoms with van der Waals surface area (Å²) in [5, 5.41) is 2.01. The van der Waals surface area contributed by atoms with Crippen molar-refractivity contribution in [3.8, 4) is 33.4 Å². The summed E-state index contributed by atoms with van der Waals surface area (Å²) in [7, 11) is 17.4. The first-order chi connectivity index (χ1) is 38.1. The average molecular weight is 1260 g/mol. The quantitative estimate of drug-likeness (QED) is 0.110. The van der Waals surface area contributed by atoms with Crippen LogP contribution in [0.15, 0.2) is 164 Å². The molecule has 0 N–H and O–H groups in total. The van der Waals surface area contributed by atoms with Gasteiger partial charge in [-0.25, -0.2) is 0 Å². The van der Waals surface area contributed by atoms with E-state index in [1.807, 2.05) is 120 Å². The van der Waals surface area contributed by atoms with E-state index in [9.17, 15) is 69.7 Å². The molecule has 16 heteroatoms. The molecule has 0 fully saturated rings. The third-order valence-corrected chi connectivity index (χ3v) is 38.9. The number of rotatable bonds is 7. The van der Waals surface area contributed by atoms with Gasteiger partial charge >= 0.3 is 481 Å². The molecule has 0 saturated carbocycles. The van der Waals surface area contributed by atoms with Crippen molar-refractivity contribution < 1.29 is 69.1 Å². The van der Waals surface area contributed by atoms with E-state index < -0.39 is 91.0 Å². The molecule has 2 atom stereocenters. The van der Waals surface area contributed by atoms with Crippen LogP contribution in [0.3, 0.4) is 0 Å². The zero-order valence-electron chi connectivity index (χ0n) is 44.9. The van der Waals surface area contributed by atoms with Crippen molar-refractivity contribution >= 4 is 63.5 Å². The average Bonchev–Trinajstić information content (AvgIpc) is 1.44. The number of halogens is 14. The Morgan fingerprint density at radius 2 is 0.756 bits per heavy atom. The molecule has 82 heavy (non-hydrogen) atoms. The molecule has 8 aromatic carbocycles. The molecule has 0 nitrogen and oxygen atoms in total. The normalized spacial score (nSPS) is 17.2. The van der Waals surface area contributed by atoms with E-state index in [-0.39, 0.29) is 34.4 Å². The number of alkyl halides is 12. The molecule has 2 aliphatic carbocycles. The Morgan fingerprint density at radius 1 is 0.390 bits per heavy atom. The molecule has 0 spiro atoms. The van der Waals surface area contributed by atoms with E-state index in [0.29, 0.717) is 58.9 Å². The Bertz CT molecular complexity index is 3700. The molecule has 2 unspecified atom stereocenters. The summed E-state index contributed by atoms with van der Waals surface area (Å²) in [6.45, 7) is 10.9. The first kappa shape index (κ1) is 57.9. The van der Waals surface area contributed by atoms with Crippen LogP contribution in [-0.4, -0.2) is 9.52 Å². The van der Waals surface area contributed by atoms with Crippen LogP contribution >= 0.6 is 17.0 Å². The molecule has 1 aliphatic heterocycles. The molecule has 0 radical (unpaired) electrons. The van der Waals surface area contributed by atoms with Gasteiger partial charge in [0.25, 0.3) is 0 Å². The number of hydrogen-bond acceptors (Lipinski definition) is 0. The summed E-state index contributed by atoms with van der Waals surface area (Å²) in [6.07, 6.45) is -17.2. The van der Waals surface area contributed by atoms with Gasteiger partial charge in [0.15, 0.2) is 0 Å². The van der Waals surface area contributed by atoms with Crippen LogP contribution in [0, 0.1) is 0 Å². The summed E-state index contributed by atoms with van der Waals surface area (Å²) in [6, 6.07) is 42.0. The van der Waals surface area contributed by atoms with Gasteiger partial charge in [-0.3, -0.25) is 0 Å². The maximum atomic E-state index is 14.9. The first-order valence-electron chi connectivity index (χ1n) is 26.4. The number of hydrogen-bond donors (Lipinski definition) is 0. The van der Waals surface area contributed by atoms with Gasteiger partial charge in [0.05, 0.1) is 0 Å². The van der Waals surface area contributed by atoms with Gasteiger partial charge in [0, 0.05) is 0 Å². The van der Waals surface area contributed by atoms with E-state index in [1.54, 1.807) is 60.7 Å². The van der Waals surface area contributed by atoms with Crippen molar-refractivity contribution in [1.82, 2.24) is 0 Å². The van der Waals surface area contributed by atoms with Crippen LogP contribution in [0.2, 0.25) is 0 Å². The molecule has 0 amide bonds. The zero-order valence-corrected chi connectivity index (χ0v) is 50.3. The molecular weight excluding hydrogens is 1210 g/mol. The molecule has 8 aromatic rings. The minimum atomic E-state index is -6.98. The minimum absolute atomic E-state index is 0.0982. The second kappa shape index (κ2) is 19.6. The summed E-state index contributed by atoms with van der Waals surface area (Å²) >= 11 is -6.98. The Hall–Kier alpha value is -5.92. The standard InChI is InChI=1S/2C27H21F6.C12H9Si.2ClH.Zr/c2*1-25(2,3)23-10-9-17-11-18(16-7-5-4-6-8-16)14-22(17)24(23)19-12-20(26(28,29)30)15-21(13-19)27(31,32)33;1-3-7-11-9(5-1)10-6-2-4-8-12(10)13-11;;;/h2*4-15H,1-3H3;1-7H,13H2;2*1H;/q;;;;;+2/p-2. The third-order valence-electron chi connectivity index (χ3n) is 16.4. The Balaban J connectivity index is 1.33. The van der Waals surface area contributed by atoms with Gasteiger partial charge in [-0.05, 0) is 0 Å². The fourth-order valence-corrected chi connectivity index (χ4v) is 40.0. The second-order valence-corrected chi connectivity index (χ2v) is 46.1. The van der Waals surface area contributed by atoms with Gasteiger partial charge in [-0.15, -0.1) is 0 Å². The Kier molecular flexibility index (Phi) is 13.8. The molecule has 0 aromatic heterocycles. The van der Waals surface area contributed by atoms with Gasteiger partial charge < -0.3 is 0 Å². The van der Waals surface area contributed by atoms with E-state index in [4.69, 9.17) is 0 Å². The fraction of sp³-hybridized carbons (Fsp3) is 0.212. The van der Waals surface area contributed by atoms with Crippen molar-refractivity contribution in [2.45, 2.75) is 84.3 Å². The third kappa shape index (κ3) is 9.78. The fourth-order valence-electron chi connectivity index (χ4n) is 13.0. The van der Waals surface area contributed by atoms with Crippen LogP contribution in [0.4, 0.5) is 52.7 Å². The van der Waals surface area contributed by atoms with Crippen LogP contribution < -0.4 is 13.6 Å². The summed E-state index contributed by atoms with van der Waals surface area (Å²) in [5.41, 5.74) is -1.86. The number of benzene rings is 8. The number of allylic oxidation sites excluding steroid dienone is 2. The second-order valence-electron chi connectivity index (χ2n) is 23.7. The molecule has 0 saturated heterocycles. The monoisotopic (exact) mass is 1260 g/mol. The SMILES string of the molecule is CC(C)(C)c1ccc2c(c1-c1cc(C(F)(F)F)cc(C(F)(F)F)c1)C=C(c1ccccc1)[CH]2[Zr]([Cl])([Cl])([c]1cccc2c1[SiH2]c1ccccc1-2)[CH]1C(c2ccccc2)=Cc2c1ccc(C(C)(C)C)c2-c1cc(C(F)(F)F)cc(C(F)(F)F)c1. The van der Waals surface area contributed by atoms with Crippen molar-refractivity contribution in [1.29, 1.82) is 0 Å². The Morgan fingerprint density at radius 3 is 1.13 bits per heavy atom. The van der Waals surface area contributed by atoms with Crippen molar-refractivity contribution in [2.24, 2.45) is 0 Å². The first-order valence-corrected chi connectivity index (χ1v) is 38.2.